The molecule has 8 heteroatoms. The molecule has 3 aromatic heterocycles. The van der Waals surface area contributed by atoms with Gasteiger partial charge in [0.05, 0.1) is 27.6 Å². The highest BCUT2D eigenvalue weighted by atomic mass is 79.9. The summed E-state index contributed by atoms with van der Waals surface area (Å²) in [6.45, 7) is 2.09. The van der Waals surface area contributed by atoms with Crippen LogP contribution in [-0.2, 0) is 0 Å². The van der Waals surface area contributed by atoms with Gasteiger partial charge in [0.15, 0.2) is 10.2 Å². The van der Waals surface area contributed by atoms with Crippen molar-refractivity contribution >= 4 is 60.5 Å². The average Bonchev–Trinajstić information content (AvgIpc) is 3.57. The Balaban J connectivity index is 1.52. The largest absolute Gasteiger partial charge is 0.351 e. The molecule has 2 aromatic carbocycles. The molecule has 0 saturated carbocycles. The van der Waals surface area contributed by atoms with Crippen LogP contribution in [0.1, 0.15) is 29.0 Å². The zero-order chi connectivity index (χ0) is 23.2. The van der Waals surface area contributed by atoms with Crippen LogP contribution in [0.4, 0.5) is 5.69 Å². The van der Waals surface area contributed by atoms with Crippen molar-refractivity contribution in [2.24, 2.45) is 0 Å². The second-order valence-electron chi connectivity index (χ2n) is 8.20. The van der Waals surface area contributed by atoms with Crippen molar-refractivity contribution in [3.8, 4) is 5.13 Å². The molecular weight excluding hydrogens is 526 g/mol. The molecule has 0 amide bonds. The van der Waals surface area contributed by atoms with Crippen LogP contribution in [-0.4, -0.2) is 19.6 Å². The maximum absolute atomic E-state index is 5.89. The number of benzene rings is 2. The highest BCUT2D eigenvalue weighted by Crippen LogP contribution is 2.43. The van der Waals surface area contributed by atoms with E-state index < -0.39 is 0 Å². The number of hydrogen-bond donors (Lipinski definition) is 1. The van der Waals surface area contributed by atoms with Crippen molar-refractivity contribution in [2.75, 3.05) is 4.90 Å². The number of hydrogen-bond acceptors (Lipinski definition) is 4. The summed E-state index contributed by atoms with van der Waals surface area (Å²) < 4.78 is 4.42. The fraction of sp³-hybridized carbons (Fsp3) is 0.115. The molecule has 1 aliphatic rings. The van der Waals surface area contributed by atoms with Crippen molar-refractivity contribution in [2.45, 2.75) is 19.0 Å². The Bertz CT molecular complexity index is 1480. The maximum Gasteiger partial charge on any atom is 0.194 e. The van der Waals surface area contributed by atoms with Gasteiger partial charge in [-0.15, -0.1) is 0 Å². The second kappa shape index (κ2) is 8.61. The molecule has 2 atom stereocenters. The number of aryl methyl sites for hydroxylation is 1. The number of anilines is 1. The van der Waals surface area contributed by atoms with E-state index in [9.17, 15) is 0 Å². The summed E-state index contributed by atoms with van der Waals surface area (Å²) >= 11 is 11.2. The van der Waals surface area contributed by atoms with Crippen LogP contribution in [0.3, 0.4) is 0 Å². The number of nitrogens with one attached hydrogen (secondary N) is 1. The Morgan fingerprint density at radius 1 is 1.03 bits per heavy atom. The molecular formula is C26H20BrN5S2. The molecule has 5 aromatic rings. The summed E-state index contributed by atoms with van der Waals surface area (Å²) in [4.78, 5) is 11.8. The number of nitrogens with zero attached hydrogens (tertiary/aromatic N) is 4. The topological polar surface area (TPSA) is 46.0 Å². The number of pyridine rings is 1. The first-order valence-corrected chi connectivity index (χ1v) is 12.9. The number of thiazole rings is 1. The van der Waals surface area contributed by atoms with E-state index in [1.807, 2.05) is 24.4 Å². The van der Waals surface area contributed by atoms with E-state index in [2.05, 4.69) is 103 Å². The van der Waals surface area contributed by atoms with Crippen LogP contribution in [0.15, 0.2) is 89.7 Å². The first kappa shape index (κ1) is 21.5. The minimum atomic E-state index is -0.110. The molecule has 0 unspecified atom stereocenters. The van der Waals surface area contributed by atoms with Gasteiger partial charge in [0, 0.05) is 22.6 Å². The Kier molecular flexibility index (Phi) is 5.44. The predicted molar refractivity (Wildman–Crippen MR) is 146 cm³/mol. The van der Waals surface area contributed by atoms with Crippen LogP contribution in [0, 0.1) is 6.92 Å². The Labute approximate surface area is 215 Å². The van der Waals surface area contributed by atoms with Gasteiger partial charge >= 0.3 is 0 Å². The summed E-state index contributed by atoms with van der Waals surface area (Å²) in [6.07, 6.45) is 3.91. The molecule has 6 rings (SSSR count). The highest BCUT2D eigenvalue weighted by Gasteiger charge is 2.42. The zero-order valence-corrected chi connectivity index (χ0v) is 21.4. The van der Waals surface area contributed by atoms with E-state index in [1.165, 1.54) is 4.70 Å². The molecule has 34 heavy (non-hydrogen) atoms. The number of rotatable bonds is 4. The number of para-hydroxylation sites is 1. The third-order valence-electron chi connectivity index (χ3n) is 6.09. The Morgan fingerprint density at radius 2 is 1.88 bits per heavy atom. The first-order valence-electron chi connectivity index (χ1n) is 10.9. The molecule has 1 N–H and O–H groups in total. The fourth-order valence-electron chi connectivity index (χ4n) is 4.48. The van der Waals surface area contributed by atoms with Crippen molar-refractivity contribution in [3.05, 3.63) is 107 Å². The number of fused-ring (bicyclic) bond motifs is 1. The smallest absolute Gasteiger partial charge is 0.194 e. The summed E-state index contributed by atoms with van der Waals surface area (Å²) in [6, 6.07) is 24.6. The third-order valence-corrected chi connectivity index (χ3v) is 8.33. The summed E-state index contributed by atoms with van der Waals surface area (Å²) in [7, 11) is 0. The number of aromatic nitrogens is 3. The number of halogens is 1. The lowest BCUT2D eigenvalue weighted by Gasteiger charge is -2.29. The molecule has 0 spiro atoms. The lowest BCUT2D eigenvalue weighted by atomic mass is 10.0. The van der Waals surface area contributed by atoms with E-state index in [0.29, 0.717) is 5.11 Å². The first-order chi connectivity index (χ1) is 16.6. The van der Waals surface area contributed by atoms with Gasteiger partial charge in [0.1, 0.15) is 6.04 Å². The lowest BCUT2D eigenvalue weighted by molar-refractivity contribution is 0.549. The molecule has 4 heterocycles. The van der Waals surface area contributed by atoms with E-state index in [1.54, 1.807) is 11.3 Å². The van der Waals surface area contributed by atoms with E-state index in [-0.39, 0.29) is 12.1 Å². The van der Waals surface area contributed by atoms with Crippen molar-refractivity contribution < 1.29 is 0 Å². The van der Waals surface area contributed by atoms with Gasteiger partial charge in [0.25, 0.3) is 0 Å². The van der Waals surface area contributed by atoms with Gasteiger partial charge in [-0.3, -0.25) is 9.55 Å². The van der Waals surface area contributed by atoms with Crippen molar-refractivity contribution in [1.82, 2.24) is 19.9 Å². The molecule has 0 aliphatic carbocycles. The minimum Gasteiger partial charge on any atom is -0.351 e. The van der Waals surface area contributed by atoms with Gasteiger partial charge in [-0.05, 0) is 79.3 Å². The summed E-state index contributed by atoms with van der Waals surface area (Å²) in [5.41, 5.74) is 5.25. The molecule has 1 fully saturated rings. The van der Waals surface area contributed by atoms with Crippen LogP contribution in [0.5, 0.6) is 0 Å². The fourth-order valence-corrected chi connectivity index (χ4v) is 6.05. The quantitative estimate of drug-likeness (QED) is 0.253. The SMILES string of the molecule is Cc1cc(N2C(=S)N[C@@H](c3ccccn3)[C@H]2c2cccn2-c2nc3ccccc3s2)ccc1Br. The van der Waals surface area contributed by atoms with Crippen LogP contribution in [0.2, 0.25) is 0 Å². The molecule has 1 saturated heterocycles. The molecule has 0 radical (unpaired) electrons. The normalized spacial score (nSPS) is 17.9. The van der Waals surface area contributed by atoms with E-state index >= 15 is 0 Å². The van der Waals surface area contributed by atoms with E-state index in [0.717, 1.165) is 37.8 Å². The average molecular weight is 547 g/mol. The van der Waals surface area contributed by atoms with Gasteiger partial charge in [-0.25, -0.2) is 4.98 Å². The summed E-state index contributed by atoms with van der Waals surface area (Å²) in [5.74, 6) is 0. The van der Waals surface area contributed by atoms with Gasteiger partial charge < -0.3 is 10.2 Å². The highest BCUT2D eigenvalue weighted by molar-refractivity contribution is 9.10. The molecule has 168 valence electrons. The molecule has 0 bridgehead atoms. The third kappa shape index (κ3) is 3.62. The minimum absolute atomic E-state index is 0.106. The zero-order valence-electron chi connectivity index (χ0n) is 18.2. The second-order valence-corrected chi connectivity index (χ2v) is 10.4. The standard InChI is InChI=1S/C26H20BrN5S2/c1-16-15-17(11-12-18(16)27)32-24(23(30-25(32)33)20-8-4-5-13-28-20)21-9-6-14-31(21)26-29-19-7-2-3-10-22(19)34-26/h2-15,23-24H,1H3,(H,30,33)/t23-,24+/m0/s1. The Hall–Kier alpha value is -3.07. The van der Waals surface area contributed by atoms with Gasteiger partial charge in [-0.2, -0.15) is 0 Å². The number of thiocarbonyl (C=S) groups is 1. The lowest BCUT2D eigenvalue weighted by Crippen LogP contribution is -2.30. The van der Waals surface area contributed by atoms with Gasteiger partial charge in [-0.1, -0.05) is 45.5 Å². The predicted octanol–water partition coefficient (Wildman–Crippen LogP) is 6.73. The molecule has 1 aliphatic heterocycles. The maximum atomic E-state index is 5.89. The van der Waals surface area contributed by atoms with Crippen molar-refractivity contribution in [3.63, 3.8) is 0 Å². The summed E-state index contributed by atoms with van der Waals surface area (Å²) in [5, 5.41) is 5.17. The van der Waals surface area contributed by atoms with Crippen LogP contribution >= 0.6 is 39.5 Å². The van der Waals surface area contributed by atoms with Crippen LogP contribution < -0.4 is 10.2 Å². The van der Waals surface area contributed by atoms with Gasteiger partial charge in [0.2, 0.25) is 0 Å². The van der Waals surface area contributed by atoms with E-state index in [4.69, 9.17) is 17.2 Å². The van der Waals surface area contributed by atoms with Crippen LogP contribution in [0.25, 0.3) is 15.3 Å². The monoisotopic (exact) mass is 545 g/mol. The van der Waals surface area contributed by atoms with Crippen molar-refractivity contribution in [1.29, 1.82) is 0 Å². The Morgan fingerprint density at radius 3 is 2.68 bits per heavy atom. The molecule has 5 nitrogen and oxygen atoms in total.